The Morgan fingerprint density at radius 3 is 2.71 bits per heavy atom. The molecule has 1 amide bonds. The maximum absolute atomic E-state index is 11.5. The van der Waals surface area contributed by atoms with Crippen molar-refractivity contribution in [3.8, 4) is 5.75 Å². The number of benzene rings is 1. The second kappa shape index (κ2) is 4.41. The van der Waals surface area contributed by atoms with E-state index in [4.69, 9.17) is 4.74 Å². The van der Waals surface area contributed by atoms with Gasteiger partial charge in [-0.15, -0.1) is 0 Å². The molecule has 17 heavy (non-hydrogen) atoms. The summed E-state index contributed by atoms with van der Waals surface area (Å²) in [6, 6.07) is 9.42. The molecule has 1 heterocycles. The van der Waals surface area contributed by atoms with E-state index in [-0.39, 0.29) is 0 Å². The van der Waals surface area contributed by atoms with Crippen LogP contribution in [0.15, 0.2) is 30.3 Å². The fourth-order valence-electron chi connectivity index (χ4n) is 1.49. The maximum atomic E-state index is 11.5. The molecule has 0 spiro atoms. The number of para-hydroxylation sites is 1. The minimum atomic E-state index is -0.402. The number of pyridine rings is 1. The molecule has 4 nitrogen and oxygen atoms in total. The molecule has 0 N–H and O–H groups in total. The Bertz CT molecular complexity index is 564. The normalized spacial score (nSPS) is 10.3. The van der Waals surface area contributed by atoms with E-state index in [9.17, 15) is 4.79 Å². The van der Waals surface area contributed by atoms with E-state index in [2.05, 4.69) is 4.98 Å². The minimum Gasteiger partial charge on any atom is -0.408 e. The van der Waals surface area contributed by atoms with Crippen molar-refractivity contribution in [3.63, 3.8) is 0 Å². The van der Waals surface area contributed by atoms with E-state index in [1.54, 1.807) is 20.2 Å². The number of amides is 1. The Balaban J connectivity index is 2.46. The molecule has 0 unspecified atom stereocenters. The van der Waals surface area contributed by atoms with Gasteiger partial charge >= 0.3 is 6.09 Å². The van der Waals surface area contributed by atoms with E-state index < -0.39 is 6.09 Å². The molecular weight excluding hydrogens is 216 g/mol. The van der Waals surface area contributed by atoms with Crippen molar-refractivity contribution in [2.45, 2.75) is 6.92 Å². The molecule has 0 fully saturated rings. The highest BCUT2D eigenvalue weighted by atomic mass is 16.6. The zero-order valence-corrected chi connectivity index (χ0v) is 10.1. The standard InChI is InChI=1S/C13H14N2O2/c1-9-7-8-10-5-4-6-11(12(10)14-9)17-13(16)15(2)3/h4-8H,1-3H3. The molecule has 4 heteroatoms. The summed E-state index contributed by atoms with van der Waals surface area (Å²) < 4.78 is 5.27. The molecule has 0 saturated carbocycles. The van der Waals surface area contributed by atoms with Crippen molar-refractivity contribution in [1.82, 2.24) is 9.88 Å². The van der Waals surface area contributed by atoms with Gasteiger partial charge in [-0.1, -0.05) is 18.2 Å². The molecule has 1 aromatic heterocycles. The molecule has 88 valence electrons. The summed E-state index contributed by atoms with van der Waals surface area (Å²) in [5.41, 5.74) is 1.61. The van der Waals surface area contributed by atoms with Gasteiger partial charge in [0.25, 0.3) is 0 Å². The number of aryl methyl sites for hydroxylation is 1. The predicted molar refractivity (Wildman–Crippen MR) is 66.2 cm³/mol. The average Bonchev–Trinajstić information content (AvgIpc) is 2.29. The van der Waals surface area contributed by atoms with Crippen LogP contribution in [0.2, 0.25) is 0 Å². The second-order valence-corrected chi connectivity index (χ2v) is 4.04. The summed E-state index contributed by atoms with van der Waals surface area (Å²) in [6.07, 6.45) is -0.402. The Kier molecular flexibility index (Phi) is 2.95. The van der Waals surface area contributed by atoms with Crippen molar-refractivity contribution < 1.29 is 9.53 Å². The van der Waals surface area contributed by atoms with Crippen molar-refractivity contribution in [2.24, 2.45) is 0 Å². The summed E-state index contributed by atoms with van der Waals surface area (Å²) in [6.45, 7) is 1.91. The smallest absolute Gasteiger partial charge is 0.408 e. The van der Waals surface area contributed by atoms with Crippen molar-refractivity contribution >= 4 is 17.0 Å². The molecular formula is C13H14N2O2. The lowest BCUT2D eigenvalue weighted by Gasteiger charge is -2.12. The zero-order valence-electron chi connectivity index (χ0n) is 10.1. The fraction of sp³-hybridized carbons (Fsp3) is 0.231. The van der Waals surface area contributed by atoms with Crippen LogP contribution in [0.4, 0.5) is 4.79 Å². The molecule has 0 radical (unpaired) electrons. The molecule has 1 aromatic carbocycles. The van der Waals surface area contributed by atoms with Gasteiger partial charge in [0.1, 0.15) is 5.52 Å². The van der Waals surface area contributed by atoms with Gasteiger partial charge in [-0.2, -0.15) is 0 Å². The van der Waals surface area contributed by atoms with Crippen LogP contribution in [-0.2, 0) is 0 Å². The third kappa shape index (κ3) is 2.36. The van der Waals surface area contributed by atoms with Gasteiger partial charge in [0.05, 0.1) is 0 Å². The highest BCUT2D eigenvalue weighted by molar-refractivity contribution is 5.86. The van der Waals surface area contributed by atoms with Crippen LogP contribution in [0, 0.1) is 6.92 Å². The Morgan fingerprint density at radius 1 is 1.24 bits per heavy atom. The molecule has 0 saturated heterocycles. The third-order valence-corrected chi connectivity index (χ3v) is 2.38. The Morgan fingerprint density at radius 2 is 2.00 bits per heavy atom. The van der Waals surface area contributed by atoms with Gasteiger partial charge in [-0.25, -0.2) is 9.78 Å². The number of ether oxygens (including phenoxy) is 1. The van der Waals surface area contributed by atoms with Gasteiger partial charge < -0.3 is 9.64 Å². The van der Waals surface area contributed by atoms with E-state index in [0.717, 1.165) is 11.1 Å². The molecule has 2 aromatic rings. The van der Waals surface area contributed by atoms with Gasteiger partial charge in [0, 0.05) is 25.2 Å². The quantitative estimate of drug-likeness (QED) is 0.756. The first kappa shape index (κ1) is 11.4. The highest BCUT2D eigenvalue weighted by Crippen LogP contribution is 2.24. The van der Waals surface area contributed by atoms with Crippen molar-refractivity contribution in [3.05, 3.63) is 36.0 Å². The molecule has 0 atom stereocenters. The summed E-state index contributed by atoms with van der Waals surface area (Å²) in [5, 5.41) is 0.958. The van der Waals surface area contributed by atoms with Crippen LogP contribution in [0.5, 0.6) is 5.75 Å². The number of fused-ring (bicyclic) bond motifs is 1. The lowest BCUT2D eigenvalue weighted by molar-refractivity contribution is 0.172. The summed E-state index contributed by atoms with van der Waals surface area (Å²) in [7, 11) is 3.29. The van der Waals surface area contributed by atoms with Crippen molar-refractivity contribution in [1.29, 1.82) is 0 Å². The zero-order chi connectivity index (χ0) is 12.4. The van der Waals surface area contributed by atoms with Crippen LogP contribution >= 0.6 is 0 Å². The van der Waals surface area contributed by atoms with E-state index in [0.29, 0.717) is 11.3 Å². The first-order chi connectivity index (χ1) is 8.08. The first-order valence-corrected chi connectivity index (χ1v) is 5.33. The lowest BCUT2D eigenvalue weighted by Crippen LogP contribution is -2.25. The third-order valence-electron chi connectivity index (χ3n) is 2.38. The molecule has 2 rings (SSSR count). The van der Waals surface area contributed by atoms with Crippen molar-refractivity contribution in [2.75, 3.05) is 14.1 Å². The van der Waals surface area contributed by atoms with Gasteiger partial charge in [-0.3, -0.25) is 0 Å². The van der Waals surface area contributed by atoms with Gasteiger partial charge in [0.15, 0.2) is 5.75 Å². The van der Waals surface area contributed by atoms with Crippen LogP contribution < -0.4 is 4.74 Å². The van der Waals surface area contributed by atoms with Crippen LogP contribution in [0.1, 0.15) is 5.69 Å². The maximum Gasteiger partial charge on any atom is 0.414 e. The molecule has 0 aliphatic carbocycles. The Hall–Kier alpha value is -2.10. The van der Waals surface area contributed by atoms with E-state index in [1.165, 1.54) is 4.90 Å². The first-order valence-electron chi connectivity index (χ1n) is 5.33. The summed E-state index contributed by atoms with van der Waals surface area (Å²) in [5.74, 6) is 0.491. The van der Waals surface area contributed by atoms with Crippen LogP contribution in [0.25, 0.3) is 10.9 Å². The number of hydrogen-bond acceptors (Lipinski definition) is 3. The minimum absolute atomic E-state index is 0.402. The number of rotatable bonds is 1. The number of nitrogens with zero attached hydrogens (tertiary/aromatic N) is 2. The second-order valence-electron chi connectivity index (χ2n) is 4.04. The number of aromatic nitrogens is 1. The van der Waals surface area contributed by atoms with Crippen LogP contribution in [-0.4, -0.2) is 30.1 Å². The van der Waals surface area contributed by atoms with Crippen LogP contribution in [0.3, 0.4) is 0 Å². The fourth-order valence-corrected chi connectivity index (χ4v) is 1.49. The predicted octanol–water partition coefficient (Wildman–Crippen LogP) is 2.60. The monoisotopic (exact) mass is 230 g/mol. The summed E-state index contributed by atoms with van der Waals surface area (Å²) in [4.78, 5) is 17.3. The largest absolute Gasteiger partial charge is 0.414 e. The number of carbonyl (C=O) groups excluding carboxylic acids is 1. The average molecular weight is 230 g/mol. The van der Waals surface area contributed by atoms with Gasteiger partial charge in [-0.05, 0) is 19.1 Å². The molecule has 0 aliphatic heterocycles. The lowest BCUT2D eigenvalue weighted by atomic mass is 10.2. The van der Waals surface area contributed by atoms with Gasteiger partial charge in [0.2, 0.25) is 0 Å². The number of carbonyl (C=O) groups is 1. The SMILES string of the molecule is Cc1ccc2cccc(OC(=O)N(C)C)c2n1. The topological polar surface area (TPSA) is 42.4 Å². The highest BCUT2D eigenvalue weighted by Gasteiger charge is 2.10. The number of hydrogen-bond donors (Lipinski definition) is 0. The molecule has 0 aliphatic rings. The molecule has 0 bridgehead atoms. The summed E-state index contributed by atoms with van der Waals surface area (Å²) >= 11 is 0. The van der Waals surface area contributed by atoms with E-state index >= 15 is 0 Å². The Labute approximate surface area is 99.8 Å². The van der Waals surface area contributed by atoms with E-state index in [1.807, 2.05) is 31.2 Å².